The molecule has 0 amide bonds. The third kappa shape index (κ3) is 2.86. The first-order valence-electron chi connectivity index (χ1n) is 5.74. The Hall–Kier alpha value is -1.22. The van der Waals surface area contributed by atoms with Gasteiger partial charge in [-0.2, -0.15) is 0 Å². The molecule has 2 aromatic rings. The maximum Gasteiger partial charge on any atom is 0.242 e. The second-order valence-electron chi connectivity index (χ2n) is 4.19. The van der Waals surface area contributed by atoms with Crippen molar-refractivity contribution in [2.75, 3.05) is 0 Å². The normalized spacial score (nSPS) is 13.6. The Morgan fingerprint density at radius 1 is 1.58 bits per heavy atom. The minimum absolute atomic E-state index is 0.212. The molecular weight excluding hydrogens is 284 g/mol. The van der Waals surface area contributed by atoms with E-state index in [0.717, 1.165) is 0 Å². The van der Waals surface area contributed by atoms with Gasteiger partial charge in [-0.1, -0.05) is 0 Å². The number of aryl methyl sites for hydroxylation is 1. The van der Waals surface area contributed by atoms with E-state index < -0.39 is 16.1 Å². The highest BCUT2D eigenvalue weighted by Gasteiger charge is 2.25. The molecule has 0 radical (unpaired) electrons. The van der Waals surface area contributed by atoms with Crippen LogP contribution < -0.4 is 10.5 Å². The standard InChI is InChI=1S/C11H16N4O2S2/c1-7-6-18-9(5-12)10(7)19(16,17)15-8(2)11-13-3-4-14-11/h3-4,6,8,15H,5,12H2,1-2H3,(H,13,14). The van der Waals surface area contributed by atoms with E-state index in [9.17, 15) is 8.42 Å². The Kier molecular flexibility index (Phi) is 4.04. The van der Waals surface area contributed by atoms with E-state index in [1.54, 1.807) is 31.6 Å². The van der Waals surface area contributed by atoms with Crippen molar-refractivity contribution in [2.24, 2.45) is 5.73 Å². The molecule has 2 heterocycles. The second kappa shape index (κ2) is 5.41. The van der Waals surface area contributed by atoms with Gasteiger partial charge in [0.25, 0.3) is 0 Å². The molecular formula is C11H16N4O2S2. The molecule has 0 fully saturated rings. The fraction of sp³-hybridized carbons (Fsp3) is 0.364. The van der Waals surface area contributed by atoms with Crippen LogP contribution in [-0.2, 0) is 16.6 Å². The number of aromatic nitrogens is 2. The zero-order chi connectivity index (χ0) is 14.0. The van der Waals surface area contributed by atoms with Crippen LogP contribution in [0.5, 0.6) is 0 Å². The van der Waals surface area contributed by atoms with Gasteiger partial charge in [-0.25, -0.2) is 18.1 Å². The SMILES string of the molecule is Cc1csc(CN)c1S(=O)(=O)NC(C)c1ncc[nH]1. The minimum atomic E-state index is -3.60. The lowest BCUT2D eigenvalue weighted by atomic mass is 10.3. The van der Waals surface area contributed by atoms with E-state index in [2.05, 4.69) is 14.7 Å². The van der Waals surface area contributed by atoms with Crippen molar-refractivity contribution in [3.05, 3.63) is 34.0 Å². The van der Waals surface area contributed by atoms with Crippen LogP contribution in [0, 0.1) is 6.92 Å². The Labute approximate surface area is 116 Å². The van der Waals surface area contributed by atoms with Gasteiger partial charge in [0.1, 0.15) is 10.7 Å². The predicted molar refractivity (Wildman–Crippen MR) is 74.3 cm³/mol. The fourth-order valence-electron chi connectivity index (χ4n) is 1.85. The number of nitrogens with two attached hydrogens (primary N) is 1. The predicted octanol–water partition coefficient (Wildman–Crippen LogP) is 1.28. The number of aromatic amines is 1. The molecule has 4 N–H and O–H groups in total. The molecule has 0 saturated heterocycles. The zero-order valence-electron chi connectivity index (χ0n) is 10.7. The maximum absolute atomic E-state index is 12.4. The summed E-state index contributed by atoms with van der Waals surface area (Å²) in [6.45, 7) is 3.71. The van der Waals surface area contributed by atoms with Gasteiger partial charge >= 0.3 is 0 Å². The average molecular weight is 300 g/mol. The van der Waals surface area contributed by atoms with Crippen molar-refractivity contribution < 1.29 is 8.42 Å². The number of hydrogen-bond donors (Lipinski definition) is 3. The molecule has 0 aliphatic rings. The van der Waals surface area contributed by atoms with Crippen molar-refractivity contribution in [1.29, 1.82) is 0 Å². The largest absolute Gasteiger partial charge is 0.347 e. The van der Waals surface area contributed by atoms with Gasteiger partial charge in [-0.15, -0.1) is 11.3 Å². The van der Waals surface area contributed by atoms with E-state index in [1.165, 1.54) is 11.3 Å². The van der Waals surface area contributed by atoms with Crippen LogP contribution in [0.4, 0.5) is 0 Å². The van der Waals surface area contributed by atoms with Gasteiger partial charge < -0.3 is 10.7 Å². The van der Waals surface area contributed by atoms with Gasteiger partial charge in [0, 0.05) is 23.8 Å². The first-order valence-corrected chi connectivity index (χ1v) is 8.10. The summed E-state index contributed by atoms with van der Waals surface area (Å²) in [6, 6.07) is -0.426. The summed E-state index contributed by atoms with van der Waals surface area (Å²) in [5.41, 5.74) is 6.30. The molecule has 2 rings (SSSR count). The van der Waals surface area contributed by atoms with Crippen molar-refractivity contribution in [2.45, 2.75) is 31.3 Å². The van der Waals surface area contributed by atoms with Gasteiger partial charge in [0.05, 0.1) is 6.04 Å². The molecule has 0 bridgehead atoms. The lowest BCUT2D eigenvalue weighted by Crippen LogP contribution is -2.28. The third-order valence-electron chi connectivity index (χ3n) is 2.70. The molecule has 8 heteroatoms. The molecule has 0 saturated carbocycles. The maximum atomic E-state index is 12.4. The summed E-state index contributed by atoms with van der Waals surface area (Å²) in [4.78, 5) is 7.88. The van der Waals surface area contributed by atoms with Gasteiger partial charge in [0.2, 0.25) is 10.0 Å². The smallest absolute Gasteiger partial charge is 0.242 e. The monoisotopic (exact) mass is 300 g/mol. The number of hydrogen-bond acceptors (Lipinski definition) is 5. The van der Waals surface area contributed by atoms with Crippen molar-refractivity contribution in [1.82, 2.24) is 14.7 Å². The van der Waals surface area contributed by atoms with E-state index in [-0.39, 0.29) is 6.54 Å². The minimum Gasteiger partial charge on any atom is -0.347 e. The van der Waals surface area contributed by atoms with Gasteiger partial charge in [-0.05, 0) is 24.8 Å². The number of thiophene rings is 1. The van der Waals surface area contributed by atoms with E-state index in [0.29, 0.717) is 21.2 Å². The number of rotatable bonds is 5. The number of H-pyrrole nitrogens is 1. The van der Waals surface area contributed by atoms with E-state index >= 15 is 0 Å². The van der Waals surface area contributed by atoms with Crippen LogP contribution in [-0.4, -0.2) is 18.4 Å². The van der Waals surface area contributed by atoms with Crippen molar-refractivity contribution in [3.8, 4) is 0 Å². The molecule has 1 atom stereocenters. The van der Waals surface area contributed by atoms with Gasteiger partial charge in [0.15, 0.2) is 0 Å². The topological polar surface area (TPSA) is 101 Å². The summed E-state index contributed by atoms with van der Waals surface area (Å²) in [6.07, 6.45) is 3.24. The van der Waals surface area contributed by atoms with E-state index in [4.69, 9.17) is 5.73 Å². The fourth-order valence-corrected chi connectivity index (χ4v) is 4.76. The third-order valence-corrected chi connectivity index (χ3v) is 5.73. The summed E-state index contributed by atoms with van der Waals surface area (Å²) >= 11 is 1.36. The highest BCUT2D eigenvalue weighted by Crippen LogP contribution is 2.27. The molecule has 0 aromatic carbocycles. The van der Waals surface area contributed by atoms with Crippen LogP contribution in [0.3, 0.4) is 0 Å². The molecule has 0 aliphatic carbocycles. The van der Waals surface area contributed by atoms with Crippen LogP contribution >= 0.6 is 11.3 Å². The summed E-state index contributed by atoms with van der Waals surface area (Å²) in [5.74, 6) is 0.575. The lowest BCUT2D eigenvalue weighted by Gasteiger charge is -2.13. The van der Waals surface area contributed by atoms with E-state index in [1.807, 2.05) is 0 Å². The van der Waals surface area contributed by atoms with Crippen LogP contribution in [0.2, 0.25) is 0 Å². The number of sulfonamides is 1. The first kappa shape index (κ1) is 14.2. The molecule has 19 heavy (non-hydrogen) atoms. The number of imidazole rings is 1. The second-order valence-corrected chi connectivity index (χ2v) is 6.81. The van der Waals surface area contributed by atoms with Crippen LogP contribution in [0.15, 0.2) is 22.7 Å². The van der Waals surface area contributed by atoms with Crippen molar-refractivity contribution in [3.63, 3.8) is 0 Å². The zero-order valence-corrected chi connectivity index (χ0v) is 12.3. The summed E-state index contributed by atoms with van der Waals surface area (Å²) < 4.78 is 27.4. The van der Waals surface area contributed by atoms with Crippen molar-refractivity contribution >= 4 is 21.4 Å². The lowest BCUT2D eigenvalue weighted by molar-refractivity contribution is 0.560. The summed E-state index contributed by atoms with van der Waals surface area (Å²) in [7, 11) is -3.60. The molecule has 6 nitrogen and oxygen atoms in total. The first-order chi connectivity index (χ1) is 8.95. The highest BCUT2D eigenvalue weighted by atomic mass is 32.2. The highest BCUT2D eigenvalue weighted by molar-refractivity contribution is 7.89. The molecule has 0 aliphatic heterocycles. The Bertz CT molecular complexity index is 646. The molecule has 1 unspecified atom stereocenters. The Morgan fingerprint density at radius 3 is 2.89 bits per heavy atom. The number of nitrogens with one attached hydrogen (secondary N) is 2. The van der Waals surface area contributed by atoms with Gasteiger partial charge in [-0.3, -0.25) is 0 Å². The van der Waals surface area contributed by atoms with Crippen LogP contribution in [0.1, 0.15) is 29.2 Å². The number of nitrogens with zero attached hydrogens (tertiary/aromatic N) is 1. The average Bonchev–Trinajstić information content (AvgIpc) is 2.96. The molecule has 2 aromatic heterocycles. The Morgan fingerprint density at radius 2 is 2.32 bits per heavy atom. The molecule has 0 spiro atoms. The molecule has 104 valence electrons. The summed E-state index contributed by atoms with van der Waals surface area (Å²) in [5, 5.41) is 1.80. The Balaban J connectivity index is 2.30. The quantitative estimate of drug-likeness (QED) is 0.774. The van der Waals surface area contributed by atoms with Crippen LogP contribution in [0.25, 0.3) is 0 Å².